The summed E-state index contributed by atoms with van der Waals surface area (Å²) in [4.78, 5) is 37.1. The van der Waals surface area contributed by atoms with Crippen LogP contribution in [-0.2, 0) is 16.0 Å². The third kappa shape index (κ3) is 3.50. The fourth-order valence-electron chi connectivity index (χ4n) is 2.46. The van der Waals surface area contributed by atoms with Gasteiger partial charge in [-0.1, -0.05) is 18.7 Å². The number of fused-ring (bicyclic) bond motifs is 1. The molecule has 1 aliphatic heterocycles. The average molecular weight is 316 g/mol. The Morgan fingerprint density at radius 1 is 1.35 bits per heavy atom. The van der Waals surface area contributed by atoms with E-state index in [2.05, 4.69) is 22.5 Å². The van der Waals surface area contributed by atoms with Crippen molar-refractivity contribution < 1.29 is 14.4 Å². The highest BCUT2D eigenvalue weighted by molar-refractivity contribution is 6.07. The molecule has 1 aromatic rings. The van der Waals surface area contributed by atoms with E-state index in [9.17, 15) is 14.4 Å². The Bertz CT molecular complexity index is 657. The molecule has 1 aliphatic rings. The minimum atomic E-state index is -0.712. The summed E-state index contributed by atoms with van der Waals surface area (Å²) in [5, 5.41) is 7.67. The molecule has 4 amide bonds. The maximum absolute atomic E-state index is 12.2. The van der Waals surface area contributed by atoms with Gasteiger partial charge in [0.1, 0.15) is 6.04 Å². The lowest BCUT2D eigenvalue weighted by atomic mass is 10.1. The van der Waals surface area contributed by atoms with Gasteiger partial charge in [0.2, 0.25) is 11.8 Å². The first-order valence-corrected chi connectivity index (χ1v) is 7.33. The van der Waals surface area contributed by atoms with Gasteiger partial charge >= 0.3 is 6.03 Å². The number of benzene rings is 1. The summed E-state index contributed by atoms with van der Waals surface area (Å²) < 4.78 is 0. The predicted octanol–water partition coefficient (Wildman–Crippen LogP) is 1.02. The van der Waals surface area contributed by atoms with E-state index >= 15 is 0 Å². The van der Waals surface area contributed by atoms with Gasteiger partial charge in [0, 0.05) is 13.6 Å². The SMILES string of the molecule is C=CC(=O)N1CCc2cccc(NC(=O)[C@H](C)NC(=O)NC)c21. The van der Waals surface area contributed by atoms with Crippen molar-refractivity contribution in [2.45, 2.75) is 19.4 Å². The number of nitrogens with zero attached hydrogens (tertiary/aromatic N) is 1. The maximum Gasteiger partial charge on any atom is 0.315 e. The molecule has 0 fully saturated rings. The molecule has 122 valence electrons. The Kier molecular flexibility index (Phi) is 5.00. The molecule has 1 heterocycles. The number of urea groups is 1. The predicted molar refractivity (Wildman–Crippen MR) is 88.4 cm³/mol. The molecule has 1 atom stereocenters. The highest BCUT2D eigenvalue weighted by Gasteiger charge is 2.27. The van der Waals surface area contributed by atoms with Crippen molar-refractivity contribution in [1.29, 1.82) is 0 Å². The van der Waals surface area contributed by atoms with Crippen LogP contribution in [0.2, 0.25) is 0 Å². The molecule has 23 heavy (non-hydrogen) atoms. The van der Waals surface area contributed by atoms with E-state index in [1.807, 2.05) is 12.1 Å². The highest BCUT2D eigenvalue weighted by atomic mass is 16.2. The number of nitrogens with one attached hydrogen (secondary N) is 3. The minimum Gasteiger partial charge on any atom is -0.341 e. The Balaban J connectivity index is 2.20. The van der Waals surface area contributed by atoms with Gasteiger partial charge < -0.3 is 20.9 Å². The summed E-state index contributed by atoms with van der Waals surface area (Å²) >= 11 is 0. The van der Waals surface area contributed by atoms with E-state index in [-0.39, 0.29) is 11.8 Å². The van der Waals surface area contributed by atoms with E-state index in [4.69, 9.17) is 0 Å². The molecule has 0 aromatic heterocycles. The summed E-state index contributed by atoms with van der Waals surface area (Å²) in [6.45, 7) is 5.64. The van der Waals surface area contributed by atoms with Crippen LogP contribution in [0.3, 0.4) is 0 Å². The van der Waals surface area contributed by atoms with Crippen LogP contribution in [0, 0.1) is 0 Å². The van der Waals surface area contributed by atoms with Crippen LogP contribution in [0.15, 0.2) is 30.9 Å². The molecule has 0 spiro atoms. The number of anilines is 2. The quantitative estimate of drug-likeness (QED) is 0.724. The lowest BCUT2D eigenvalue weighted by Gasteiger charge is -2.20. The summed E-state index contributed by atoms with van der Waals surface area (Å²) in [6.07, 6.45) is 1.98. The summed E-state index contributed by atoms with van der Waals surface area (Å²) in [7, 11) is 1.48. The monoisotopic (exact) mass is 316 g/mol. The van der Waals surface area contributed by atoms with Gasteiger partial charge in [-0.15, -0.1) is 0 Å². The number of carbonyl (C=O) groups is 3. The van der Waals surface area contributed by atoms with Crippen LogP contribution >= 0.6 is 0 Å². The molecular formula is C16H20N4O3. The number of para-hydroxylation sites is 1. The van der Waals surface area contributed by atoms with Gasteiger partial charge in [0.25, 0.3) is 0 Å². The van der Waals surface area contributed by atoms with Crippen LogP contribution in [0.1, 0.15) is 12.5 Å². The molecule has 3 N–H and O–H groups in total. The van der Waals surface area contributed by atoms with Gasteiger partial charge in [-0.05, 0) is 31.1 Å². The van der Waals surface area contributed by atoms with Crippen molar-refractivity contribution in [2.24, 2.45) is 0 Å². The normalized spacial score (nSPS) is 13.7. The third-order valence-corrected chi connectivity index (χ3v) is 3.66. The van der Waals surface area contributed by atoms with Gasteiger partial charge in [0.05, 0.1) is 11.4 Å². The van der Waals surface area contributed by atoms with E-state index in [1.54, 1.807) is 17.9 Å². The van der Waals surface area contributed by atoms with Crippen molar-refractivity contribution in [3.8, 4) is 0 Å². The molecule has 0 bridgehead atoms. The van der Waals surface area contributed by atoms with Crippen LogP contribution in [0.25, 0.3) is 0 Å². The molecule has 0 unspecified atom stereocenters. The molecule has 0 aliphatic carbocycles. The Morgan fingerprint density at radius 3 is 2.74 bits per heavy atom. The summed E-state index contributed by atoms with van der Waals surface area (Å²) in [5.41, 5.74) is 2.23. The van der Waals surface area contributed by atoms with Crippen LogP contribution < -0.4 is 20.9 Å². The lowest BCUT2D eigenvalue weighted by Crippen LogP contribution is -2.45. The van der Waals surface area contributed by atoms with E-state index in [0.29, 0.717) is 17.9 Å². The zero-order chi connectivity index (χ0) is 17.0. The van der Waals surface area contributed by atoms with Crippen molar-refractivity contribution in [3.63, 3.8) is 0 Å². The molecule has 0 radical (unpaired) electrons. The fourth-order valence-corrected chi connectivity index (χ4v) is 2.46. The molecule has 7 heteroatoms. The zero-order valence-electron chi connectivity index (χ0n) is 13.2. The lowest BCUT2D eigenvalue weighted by molar-refractivity contribution is -0.117. The average Bonchev–Trinajstić information content (AvgIpc) is 2.98. The van der Waals surface area contributed by atoms with Crippen LogP contribution in [-0.4, -0.2) is 37.5 Å². The first kappa shape index (κ1) is 16.5. The number of amides is 4. The van der Waals surface area contributed by atoms with Crippen molar-refractivity contribution >= 4 is 29.2 Å². The zero-order valence-corrected chi connectivity index (χ0v) is 13.2. The summed E-state index contributed by atoms with van der Waals surface area (Å²) in [6, 6.07) is 4.34. The topological polar surface area (TPSA) is 90.5 Å². The minimum absolute atomic E-state index is 0.206. The van der Waals surface area contributed by atoms with Gasteiger partial charge in [-0.25, -0.2) is 4.79 Å². The molecule has 0 saturated carbocycles. The summed E-state index contributed by atoms with van der Waals surface area (Å²) in [5.74, 6) is -0.568. The molecule has 2 rings (SSSR count). The Morgan fingerprint density at radius 2 is 2.09 bits per heavy atom. The maximum atomic E-state index is 12.2. The molecular weight excluding hydrogens is 296 g/mol. The second kappa shape index (κ2) is 6.95. The van der Waals surface area contributed by atoms with Gasteiger partial charge in [-0.3, -0.25) is 9.59 Å². The fraction of sp³-hybridized carbons (Fsp3) is 0.312. The van der Waals surface area contributed by atoms with Crippen molar-refractivity contribution in [2.75, 3.05) is 23.8 Å². The standard InChI is InChI=1S/C16H20N4O3/c1-4-13(21)20-9-8-11-6-5-7-12(14(11)20)19-15(22)10(2)18-16(23)17-3/h4-7,10H,1,8-9H2,2-3H3,(H,19,22)(H2,17,18,23)/t10-/m0/s1. The van der Waals surface area contributed by atoms with Gasteiger partial charge in [-0.2, -0.15) is 0 Å². The van der Waals surface area contributed by atoms with Gasteiger partial charge in [0.15, 0.2) is 0 Å². The number of hydrogen-bond acceptors (Lipinski definition) is 3. The Labute approximate surface area is 134 Å². The van der Waals surface area contributed by atoms with Crippen LogP contribution in [0.5, 0.6) is 0 Å². The molecule has 1 aromatic carbocycles. The molecule has 7 nitrogen and oxygen atoms in total. The number of hydrogen-bond donors (Lipinski definition) is 3. The largest absolute Gasteiger partial charge is 0.341 e. The first-order valence-electron chi connectivity index (χ1n) is 7.33. The molecule has 0 saturated heterocycles. The van der Waals surface area contributed by atoms with E-state index in [1.165, 1.54) is 13.1 Å². The number of rotatable bonds is 4. The van der Waals surface area contributed by atoms with E-state index < -0.39 is 12.1 Å². The third-order valence-electron chi connectivity index (χ3n) is 3.66. The van der Waals surface area contributed by atoms with Crippen molar-refractivity contribution in [3.05, 3.63) is 36.4 Å². The smallest absolute Gasteiger partial charge is 0.315 e. The van der Waals surface area contributed by atoms with E-state index in [0.717, 1.165) is 12.0 Å². The first-order chi connectivity index (χ1) is 11.0. The highest BCUT2D eigenvalue weighted by Crippen LogP contribution is 2.35. The second-order valence-electron chi connectivity index (χ2n) is 5.19. The second-order valence-corrected chi connectivity index (χ2v) is 5.19. The van der Waals surface area contributed by atoms with Crippen LogP contribution in [0.4, 0.5) is 16.2 Å². The number of carbonyl (C=O) groups excluding carboxylic acids is 3. The van der Waals surface area contributed by atoms with Crippen molar-refractivity contribution in [1.82, 2.24) is 10.6 Å². The Hall–Kier alpha value is -2.83.